The zero-order valence-corrected chi connectivity index (χ0v) is 18.2. The van der Waals surface area contributed by atoms with E-state index < -0.39 is 5.69 Å². The quantitative estimate of drug-likeness (QED) is 0.595. The van der Waals surface area contributed by atoms with Crippen LogP contribution in [0.4, 0.5) is 0 Å². The molecular formula is C23H26ClN3O3. The minimum atomic E-state index is -0.421. The Kier molecular flexibility index (Phi) is 6.58. The Morgan fingerprint density at radius 3 is 2.50 bits per heavy atom. The van der Waals surface area contributed by atoms with Gasteiger partial charge in [0.15, 0.2) is 11.6 Å². The number of aromatic nitrogens is 3. The maximum Gasteiger partial charge on any atom is 0.346 e. The number of halogens is 1. The van der Waals surface area contributed by atoms with E-state index in [2.05, 4.69) is 11.2 Å². The van der Waals surface area contributed by atoms with Crippen LogP contribution in [0, 0.1) is 6.92 Å². The molecule has 0 aliphatic carbocycles. The highest BCUT2D eigenvalue weighted by Gasteiger charge is 2.25. The number of hydrogen-bond donors (Lipinski definition) is 1. The molecule has 1 N–H and O–H groups in total. The molecule has 1 heterocycles. The van der Waals surface area contributed by atoms with Crippen molar-refractivity contribution in [2.24, 2.45) is 0 Å². The summed E-state index contributed by atoms with van der Waals surface area (Å²) in [5.74, 6) is 0.316. The van der Waals surface area contributed by atoms with Gasteiger partial charge in [0, 0.05) is 17.0 Å². The molecule has 0 radical (unpaired) electrons. The third-order valence-corrected chi connectivity index (χ3v) is 5.37. The van der Waals surface area contributed by atoms with E-state index in [0.29, 0.717) is 16.4 Å². The van der Waals surface area contributed by atoms with Crippen molar-refractivity contribution in [2.75, 3.05) is 6.61 Å². The van der Waals surface area contributed by atoms with Crippen molar-refractivity contribution in [3.05, 3.63) is 75.2 Å². The number of aliphatic hydroxyl groups is 1. The largest absolute Gasteiger partial charge is 0.395 e. The summed E-state index contributed by atoms with van der Waals surface area (Å²) in [5, 5.41) is 14.3. The van der Waals surface area contributed by atoms with Gasteiger partial charge in [-0.25, -0.2) is 9.48 Å². The number of hydrogen-bond acceptors (Lipinski definition) is 4. The molecule has 0 unspecified atom stereocenters. The van der Waals surface area contributed by atoms with E-state index >= 15 is 0 Å². The fourth-order valence-corrected chi connectivity index (χ4v) is 3.67. The van der Waals surface area contributed by atoms with Crippen LogP contribution in [-0.4, -0.2) is 31.8 Å². The third-order valence-electron chi connectivity index (χ3n) is 5.11. The Balaban J connectivity index is 1.85. The molecule has 0 atom stereocenters. The Morgan fingerprint density at radius 2 is 1.87 bits per heavy atom. The minimum absolute atomic E-state index is 0.0834. The van der Waals surface area contributed by atoms with E-state index in [1.807, 2.05) is 39.0 Å². The predicted octanol–water partition coefficient (Wildman–Crippen LogP) is 3.60. The third kappa shape index (κ3) is 4.89. The van der Waals surface area contributed by atoms with Gasteiger partial charge in [0.1, 0.15) is 6.54 Å². The Morgan fingerprint density at radius 1 is 1.17 bits per heavy atom. The molecule has 30 heavy (non-hydrogen) atoms. The summed E-state index contributed by atoms with van der Waals surface area (Å²) in [6.07, 6.45) is 0.284. The van der Waals surface area contributed by atoms with Gasteiger partial charge in [0.25, 0.3) is 0 Å². The molecule has 0 fully saturated rings. The summed E-state index contributed by atoms with van der Waals surface area (Å²) < 4.78 is 2.55. The molecule has 0 saturated carbocycles. The lowest BCUT2D eigenvalue weighted by Crippen LogP contribution is -2.31. The van der Waals surface area contributed by atoms with Gasteiger partial charge in [-0.2, -0.15) is 0 Å². The number of carbonyl (C=O) groups excluding carboxylic acids is 1. The van der Waals surface area contributed by atoms with E-state index in [-0.39, 0.29) is 37.3 Å². The van der Waals surface area contributed by atoms with Gasteiger partial charge in [0.05, 0.1) is 13.2 Å². The smallest absolute Gasteiger partial charge is 0.346 e. The zero-order valence-electron chi connectivity index (χ0n) is 17.4. The molecule has 0 bridgehead atoms. The first-order chi connectivity index (χ1) is 14.2. The average Bonchev–Trinajstić information content (AvgIpc) is 2.98. The van der Waals surface area contributed by atoms with E-state index in [4.69, 9.17) is 11.6 Å². The van der Waals surface area contributed by atoms with Crippen molar-refractivity contribution in [2.45, 2.75) is 45.7 Å². The lowest BCUT2D eigenvalue weighted by Gasteiger charge is -2.24. The summed E-state index contributed by atoms with van der Waals surface area (Å²) in [6, 6.07) is 15.0. The van der Waals surface area contributed by atoms with Gasteiger partial charge >= 0.3 is 5.69 Å². The number of nitrogens with zero attached hydrogens (tertiary/aromatic N) is 3. The summed E-state index contributed by atoms with van der Waals surface area (Å²) in [4.78, 5) is 25.6. The second kappa shape index (κ2) is 8.98. The fourth-order valence-electron chi connectivity index (χ4n) is 3.54. The molecule has 0 aliphatic rings. The highest BCUT2D eigenvalue weighted by molar-refractivity contribution is 6.30. The standard InChI is InChI=1S/C23H26ClN3O3/c1-16-5-4-6-18(13-16)23(2,3)14-20(29)15-27-22(30)26(11-12-28)21(25-27)17-7-9-19(24)10-8-17/h4-10,13,28H,11-12,14-15H2,1-3H3. The van der Waals surface area contributed by atoms with Crippen molar-refractivity contribution >= 4 is 17.4 Å². The van der Waals surface area contributed by atoms with Gasteiger partial charge < -0.3 is 5.11 Å². The van der Waals surface area contributed by atoms with Crippen molar-refractivity contribution in [1.82, 2.24) is 14.3 Å². The van der Waals surface area contributed by atoms with Gasteiger partial charge in [0.2, 0.25) is 0 Å². The highest BCUT2D eigenvalue weighted by Crippen LogP contribution is 2.28. The number of aliphatic hydroxyl groups excluding tert-OH is 1. The van der Waals surface area contributed by atoms with Crippen LogP contribution < -0.4 is 5.69 Å². The second-order valence-corrected chi connectivity index (χ2v) is 8.55. The van der Waals surface area contributed by atoms with Crippen LogP contribution in [0.25, 0.3) is 11.4 Å². The Bertz CT molecular complexity index is 1100. The van der Waals surface area contributed by atoms with Gasteiger partial charge in [-0.1, -0.05) is 55.3 Å². The molecular weight excluding hydrogens is 402 g/mol. The van der Waals surface area contributed by atoms with Gasteiger partial charge in [-0.15, -0.1) is 5.10 Å². The molecule has 3 aromatic rings. The maximum atomic E-state index is 12.8. The lowest BCUT2D eigenvalue weighted by atomic mass is 9.79. The van der Waals surface area contributed by atoms with Crippen molar-refractivity contribution < 1.29 is 9.90 Å². The normalized spacial score (nSPS) is 11.6. The van der Waals surface area contributed by atoms with E-state index in [1.165, 1.54) is 9.25 Å². The second-order valence-electron chi connectivity index (χ2n) is 8.11. The zero-order chi connectivity index (χ0) is 21.9. The molecule has 7 heteroatoms. The summed E-state index contributed by atoms with van der Waals surface area (Å²) in [5.41, 5.74) is 2.13. The van der Waals surface area contributed by atoms with E-state index in [0.717, 1.165) is 11.1 Å². The van der Waals surface area contributed by atoms with Crippen molar-refractivity contribution in [3.8, 4) is 11.4 Å². The molecule has 0 amide bonds. The predicted molar refractivity (Wildman–Crippen MR) is 118 cm³/mol. The van der Waals surface area contributed by atoms with Crippen molar-refractivity contribution in [1.29, 1.82) is 0 Å². The van der Waals surface area contributed by atoms with E-state index in [9.17, 15) is 14.7 Å². The molecule has 3 rings (SSSR count). The number of aryl methyl sites for hydroxylation is 1. The first-order valence-electron chi connectivity index (χ1n) is 9.84. The highest BCUT2D eigenvalue weighted by atomic mass is 35.5. The SMILES string of the molecule is Cc1cccc(C(C)(C)CC(=O)Cn2nc(-c3ccc(Cl)cc3)n(CCO)c2=O)c1. The molecule has 0 saturated heterocycles. The summed E-state index contributed by atoms with van der Waals surface area (Å²) >= 11 is 5.95. The molecule has 0 aliphatic heterocycles. The molecule has 6 nitrogen and oxygen atoms in total. The number of Topliss-reactive ketones (excluding diaryl/α,β-unsaturated/α-hetero) is 1. The van der Waals surface area contributed by atoms with Crippen LogP contribution in [0.5, 0.6) is 0 Å². The van der Waals surface area contributed by atoms with Crippen molar-refractivity contribution in [3.63, 3.8) is 0 Å². The van der Waals surface area contributed by atoms with Crippen LogP contribution in [0.3, 0.4) is 0 Å². The fraction of sp³-hybridized carbons (Fsp3) is 0.348. The molecule has 2 aromatic carbocycles. The minimum Gasteiger partial charge on any atom is -0.395 e. The Hall–Kier alpha value is -2.70. The first kappa shape index (κ1) is 22.0. The van der Waals surface area contributed by atoms with Crippen LogP contribution in [0.15, 0.2) is 53.3 Å². The average molecular weight is 428 g/mol. The van der Waals surface area contributed by atoms with E-state index in [1.54, 1.807) is 24.3 Å². The summed E-state index contributed by atoms with van der Waals surface area (Å²) in [6.45, 7) is 5.83. The number of rotatable bonds is 8. The number of benzene rings is 2. The monoisotopic (exact) mass is 427 g/mol. The number of carbonyl (C=O) groups is 1. The lowest BCUT2D eigenvalue weighted by molar-refractivity contribution is -0.120. The molecule has 158 valence electrons. The van der Waals surface area contributed by atoms with Crippen LogP contribution >= 0.6 is 11.6 Å². The van der Waals surface area contributed by atoms with Crippen LogP contribution in [0.1, 0.15) is 31.4 Å². The van der Waals surface area contributed by atoms with Crippen LogP contribution in [-0.2, 0) is 23.3 Å². The number of ketones is 1. The molecule has 0 spiro atoms. The molecule has 1 aromatic heterocycles. The maximum absolute atomic E-state index is 12.8. The van der Waals surface area contributed by atoms with Gasteiger partial charge in [-0.3, -0.25) is 9.36 Å². The Labute approximate surface area is 180 Å². The first-order valence-corrected chi connectivity index (χ1v) is 10.2. The van der Waals surface area contributed by atoms with Gasteiger partial charge in [-0.05, 0) is 42.2 Å². The topological polar surface area (TPSA) is 77.1 Å². The summed E-state index contributed by atoms with van der Waals surface area (Å²) in [7, 11) is 0. The van der Waals surface area contributed by atoms with Crippen LogP contribution in [0.2, 0.25) is 5.02 Å².